The second-order valence-electron chi connectivity index (χ2n) is 4.81. The van der Waals surface area contributed by atoms with Crippen LogP contribution in [0.4, 0.5) is 5.69 Å². The molecular formula is C12H12N4O5S. The van der Waals surface area contributed by atoms with Crippen LogP contribution in [0.25, 0.3) is 11.0 Å². The fraction of sp³-hybridized carbons (Fsp3) is 0.333. The molecule has 0 bridgehead atoms. The predicted octanol–water partition coefficient (Wildman–Crippen LogP) is 1.39. The largest absolute Gasteiger partial charge is 0.481 e. The van der Waals surface area contributed by atoms with Gasteiger partial charge in [-0.2, -0.15) is 8.75 Å². The topological polar surface area (TPSA) is 127 Å². The maximum absolute atomic E-state index is 12.3. The second kappa shape index (κ2) is 6.02. The highest BCUT2D eigenvalue weighted by Crippen LogP contribution is 2.26. The van der Waals surface area contributed by atoms with Crippen LogP contribution in [0.5, 0.6) is 0 Å². The number of carboxylic acid groups (broad SMARTS) is 1. The van der Waals surface area contributed by atoms with Crippen LogP contribution in [0, 0.1) is 16.0 Å². The molecule has 0 saturated carbocycles. The lowest BCUT2D eigenvalue weighted by Crippen LogP contribution is -2.33. The molecule has 1 heterocycles. The monoisotopic (exact) mass is 324 g/mol. The predicted molar refractivity (Wildman–Crippen MR) is 77.8 cm³/mol. The lowest BCUT2D eigenvalue weighted by Gasteiger charge is -2.19. The average molecular weight is 324 g/mol. The van der Waals surface area contributed by atoms with Gasteiger partial charge in [0, 0.05) is 25.2 Å². The van der Waals surface area contributed by atoms with Crippen molar-refractivity contribution in [2.24, 2.45) is 5.92 Å². The Morgan fingerprint density at radius 2 is 2.14 bits per heavy atom. The first-order valence-corrected chi connectivity index (χ1v) is 6.93. The number of carbonyl (C=O) groups is 2. The molecule has 116 valence electrons. The highest BCUT2D eigenvalue weighted by atomic mass is 32.1. The number of amides is 1. The van der Waals surface area contributed by atoms with Crippen LogP contribution < -0.4 is 0 Å². The first-order chi connectivity index (χ1) is 10.3. The Bertz CT molecular complexity index is 759. The summed E-state index contributed by atoms with van der Waals surface area (Å²) in [6.45, 7) is 1.47. The Kier molecular flexibility index (Phi) is 4.31. The van der Waals surface area contributed by atoms with Gasteiger partial charge < -0.3 is 10.0 Å². The molecule has 2 rings (SSSR count). The minimum atomic E-state index is -1.02. The number of hydrogen-bond acceptors (Lipinski definition) is 7. The molecular weight excluding hydrogens is 312 g/mol. The van der Waals surface area contributed by atoms with E-state index in [1.54, 1.807) is 0 Å². The van der Waals surface area contributed by atoms with E-state index in [-0.39, 0.29) is 28.8 Å². The Labute approximate surface area is 128 Å². The molecule has 0 aliphatic carbocycles. The number of aromatic nitrogens is 2. The summed E-state index contributed by atoms with van der Waals surface area (Å²) in [5.74, 6) is -2.27. The van der Waals surface area contributed by atoms with E-state index >= 15 is 0 Å². The van der Waals surface area contributed by atoms with Gasteiger partial charge in [0.25, 0.3) is 11.6 Å². The SMILES string of the molecule is CC(CN(C)C(=O)c1cc([N+](=O)[O-])c2nsnc2c1)C(=O)O. The van der Waals surface area contributed by atoms with Crippen LogP contribution in [0.1, 0.15) is 17.3 Å². The summed E-state index contributed by atoms with van der Waals surface area (Å²) < 4.78 is 7.76. The smallest absolute Gasteiger partial charge is 0.308 e. The number of nitro benzene ring substituents is 1. The minimum absolute atomic E-state index is 0.00465. The van der Waals surface area contributed by atoms with Crippen LogP contribution >= 0.6 is 11.7 Å². The fourth-order valence-electron chi connectivity index (χ4n) is 1.93. The van der Waals surface area contributed by atoms with Gasteiger partial charge >= 0.3 is 5.97 Å². The van der Waals surface area contributed by atoms with Crippen molar-refractivity contribution in [1.29, 1.82) is 0 Å². The van der Waals surface area contributed by atoms with E-state index in [2.05, 4.69) is 8.75 Å². The quantitative estimate of drug-likeness (QED) is 0.650. The van der Waals surface area contributed by atoms with Crippen LogP contribution in [0.3, 0.4) is 0 Å². The van der Waals surface area contributed by atoms with E-state index in [0.717, 1.165) is 17.8 Å². The molecule has 10 heteroatoms. The molecule has 1 N–H and O–H groups in total. The molecule has 1 atom stereocenters. The molecule has 0 aliphatic rings. The van der Waals surface area contributed by atoms with E-state index in [9.17, 15) is 19.7 Å². The minimum Gasteiger partial charge on any atom is -0.481 e. The average Bonchev–Trinajstić information content (AvgIpc) is 2.92. The Balaban J connectivity index is 2.35. The van der Waals surface area contributed by atoms with Crippen molar-refractivity contribution in [2.45, 2.75) is 6.92 Å². The molecule has 0 fully saturated rings. The number of rotatable bonds is 5. The van der Waals surface area contributed by atoms with Crippen LogP contribution in [0.15, 0.2) is 12.1 Å². The highest BCUT2D eigenvalue weighted by molar-refractivity contribution is 7.00. The first kappa shape index (κ1) is 15.8. The van der Waals surface area contributed by atoms with Gasteiger partial charge in [0.05, 0.1) is 22.6 Å². The lowest BCUT2D eigenvalue weighted by atomic mass is 10.1. The number of aliphatic carboxylic acids is 1. The molecule has 1 unspecified atom stereocenters. The zero-order valence-electron chi connectivity index (χ0n) is 11.7. The number of fused-ring (bicyclic) bond motifs is 1. The highest BCUT2D eigenvalue weighted by Gasteiger charge is 2.23. The van der Waals surface area contributed by atoms with E-state index in [4.69, 9.17) is 5.11 Å². The third-order valence-electron chi connectivity index (χ3n) is 3.10. The van der Waals surface area contributed by atoms with Gasteiger partial charge in [-0.05, 0) is 6.07 Å². The molecule has 0 spiro atoms. The van der Waals surface area contributed by atoms with Crippen LogP contribution in [-0.4, -0.2) is 49.1 Å². The Hall–Kier alpha value is -2.62. The Morgan fingerprint density at radius 1 is 1.45 bits per heavy atom. The first-order valence-electron chi connectivity index (χ1n) is 6.20. The summed E-state index contributed by atoms with van der Waals surface area (Å²) in [5, 5.41) is 19.9. The molecule has 22 heavy (non-hydrogen) atoms. The van der Waals surface area contributed by atoms with E-state index < -0.39 is 22.7 Å². The van der Waals surface area contributed by atoms with E-state index in [1.165, 1.54) is 24.9 Å². The summed E-state index contributed by atoms with van der Waals surface area (Å²) in [4.78, 5) is 34.8. The van der Waals surface area contributed by atoms with Crippen LogP contribution in [-0.2, 0) is 4.79 Å². The Morgan fingerprint density at radius 3 is 2.73 bits per heavy atom. The maximum atomic E-state index is 12.3. The van der Waals surface area contributed by atoms with Gasteiger partial charge in [0.1, 0.15) is 5.52 Å². The fourth-order valence-corrected chi connectivity index (χ4v) is 2.46. The zero-order valence-corrected chi connectivity index (χ0v) is 12.5. The molecule has 9 nitrogen and oxygen atoms in total. The van der Waals surface area contributed by atoms with Gasteiger partial charge in [0.2, 0.25) is 0 Å². The molecule has 0 aliphatic heterocycles. The van der Waals surface area contributed by atoms with Crippen molar-refractivity contribution >= 4 is 40.3 Å². The lowest BCUT2D eigenvalue weighted by molar-refractivity contribution is -0.383. The van der Waals surface area contributed by atoms with Gasteiger partial charge in [-0.25, -0.2) is 0 Å². The third-order valence-corrected chi connectivity index (χ3v) is 3.64. The van der Waals surface area contributed by atoms with Crippen molar-refractivity contribution in [3.8, 4) is 0 Å². The molecule has 1 aromatic heterocycles. The molecule has 0 radical (unpaired) electrons. The van der Waals surface area contributed by atoms with Gasteiger partial charge in [-0.1, -0.05) is 6.92 Å². The normalized spacial score (nSPS) is 12.1. The van der Waals surface area contributed by atoms with Crippen molar-refractivity contribution in [3.63, 3.8) is 0 Å². The maximum Gasteiger partial charge on any atom is 0.308 e. The van der Waals surface area contributed by atoms with Crippen molar-refractivity contribution in [3.05, 3.63) is 27.8 Å². The van der Waals surface area contributed by atoms with Gasteiger partial charge in [-0.15, -0.1) is 0 Å². The molecule has 1 aromatic carbocycles. The molecule has 2 aromatic rings. The van der Waals surface area contributed by atoms with Crippen molar-refractivity contribution in [2.75, 3.05) is 13.6 Å². The number of non-ortho nitro benzene ring substituents is 1. The summed E-state index contributed by atoms with van der Waals surface area (Å²) in [5.41, 5.74) is 0.177. The number of carbonyl (C=O) groups excluding carboxylic acids is 1. The van der Waals surface area contributed by atoms with Crippen LogP contribution in [0.2, 0.25) is 0 Å². The van der Waals surface area contributed by atoms with E-state index in [0.29, 0.717) is 0 Å². The van der Waals surface area contributed by atoms with Gasteiger partial charge in [0.15, 0.2) is 5.52 Å². The summed E-state index contributed by atoms with van der Waals surface area (Å²) in [7, 11) is 1.44. The number of carboxylic acids is 1. The third kappa shape index (κ3) is 3.01. The summed E-state index contributed by atoms with van der Waals surface area (Å²) in [6.07, 6.45) is 0. The molecule has 0 saturated heterocycles. The van der Waals surface area contributed by atoms with Crippen molar-refractivity contribution in [1.82, 2.24) is 13.6 Å². The van der Waals surface area contributed by atoms with Crippen molar-refractivity contribution < 1.29 is 19.6 Å². The summed E-state index contributed by atoms with van der Waals surface area (Å²) >= 11 is 0.821. The summed E-state index contributed by atoms with van der Waals surface area (Å²) in [6, 6.07) is 2.55. The standard InChI is InChI=1S/C12H12N4O5S/c1-6(12(18)19)5-15(2)11(17)7-3-8-10(14-22-13-8)9(4-7)16(20)21/h3-4,6H,5H2,1-2H3,(H,18,19). The second-order valence-corrected chi connectivity index (χ2v) is 5.34. The zero-order chi connectivity index (χ0) is 16.4. The number of hydrogen-bond donors (Lipinski definition) is 1. The van der Waals surface area contributed by atoms with Gasteiger partial charge in [-0.3, -0.25) is 19.7 Å². The van der Waals surface area contributed by atoms with E-state index in [1.807, 2.05) is 0 Å². The number of nitro groups is 1. The number of benzene rings is 1. The molecule has 1 amide bonds. The number of nitrogens with zero attached hydrogens (tertiary/aromatic N) is 4.